The zero-order valence-electron chi connectivity index (χ0n) is 15.5. The highest BCUT2D eigenvalue weighted by Crippen LogP contribution is 2.27. The van der Waals surface area contributed by atoms with Gasteiger partial charge in [-0.3, -0.25) is 0 Å². The van der Waals surface area contributed by atoms with Gasteiger partial charge in [0.1, 0.15) is 5.71 Å². The SMILES string of the molecule is NCCCn1cc(C=C2C(=O)ON=C2c2ccc(C(=O)O)cc2)c2ccccc21. The van der Waals surface area contributed by atoms with Crippen LogP contribution >= 0.6 is 0 Å². The average molecular weight is 389 g/mol. The maximum atomic E-state index is 12.3. The van der Waals surface area contributed by atoms with Gasteiger partial charge in [-0.1, -0.05) is 35.5 Å². The molecule has 0 radical (unpaired) electrons. The third-order valence-corrected chi connectivity index (χ3v) is 4.82. The van der Waals surface area contributed by atoms with Crippen molar-refractivity contribution >= 4 is 34.6 Å². The normalized spacial score (nSPS) is 15.0. The second-order valence-corrected chi connectivity index (χ2v) is 6.70. The predicted octanol–water partition coefficient (Wildman–Crippen LogP) is 3.03. The van der Waals surface area contributed by atoms with Crippen molar-refractivity contribution in [1.82, 2.24) is 4.57 Å². The van der Waals surface area contributed by atoms with Gasteiger partial charge in [0, 0.05) is 34.8 Å². The fourth-order valence-corrected chi connectivity index (χ4v) is 3.38. The van der Waals surface area contributed by atoms with Gasteiger partial charge in [-0.05, 0) is 37.2 Å². The average Bonchev–Trinajstić information content (AvgIpc) is 3.28. The number of para-hydroxylation sites is 1. The Labute approximate surface area is 166 Å². The van der Waals surface area contributed by atoms with Gasteiger partial charge in [0.05, 0.1) is 11.1 Å². The first-order valence-corrected chi connectivity index (χ1v) is 9.21. The molecule has 3 aromatic rings. The fourth-order valence-electron chi connectivity index (χ4n) is 3.38. The van der Waals surface area contributed by atoms with Crippen molar-refractivity contribution in [3.63, 3.8) is 0 Å². The highest BCUT2D eigenvalue weighted by Gasteiger charge is 2.27. The lowest BCUT2D eigenvalue weighted by Crippen LogP contribution is -2.07. The van der Waals surface area contributed by atoms with Crippen LogP contribution in [0.3, 0.4) is 0 Å². The van der Waals surface area contributed by atoms with E-state index < -0.39 is 11.9 Å². The molecular formula is C22H19N3O4. The summed E-state index contributed by atoms with van der Waals surface area (Å²) in [5, 5.41) is 14.0. The smallest absolute Gasteiger partial charge is 0.368 e. The molecule has 0 fully saturated rings. The first kappa shape index (κ1) is 18.6. The minimum absolute atomic E-state index is 0.160. The van der Waals surface area contributed by atoms with Crippen LogP contribution in [-0.4, -0.2) is 33.9 Å². The molecule has 1 aromatic heterocycles. The largest absolute Gasteiger partial charge is 0.478 e. The molecule has 0 unspecified atom stereocenters. The molecule has 2 heterocycles. The van der Waals surface area contributed by atoms with Crippen LogP contribution < -0.4 is 5.73 Å². The summed E-state index contributed by atoms with van der Waals surface area (Å²) in [7, 11) is 0. The predicted molar refractivity (Wildman–Crippen MR) is 110 cm³/mol. The molecule has 1 aliphatic heterocycles. The summed E-state index contributed by atoms with van der Waals surface area (Å²) in [4.78, 5) is 28.3. The molecule has 7 nitrogen and oxygen atoms in total. The number of oxime groups is 1. The Morgan fingerprint density at radius 3 is 2.66 bits per heavy atom. The Kier molecular flexibility index (Phi) is 4.97. The van der Waals surface area contributed by atoms with Crippen LogP contribution in [0.1, 0.15) is 27.9 Å². The number of benzene rings is 2. The van der Waals surface area contributed by atoms with E-state index in [9.17, 15) is 9.59 Å². The number of aromatic nitrogens is 1. The van der Waals surface area contributed by atoms with Crippen molar-refractivity contribution in [2.45, 2.75) is 13.0 Å². The van der Waals surface area contributed by atoms with E-state index in [0.29, 0.717) is 23.4 Å². The Morgan fingerprint density at radius 1 is 1.17 bits per heavy atom. The van der Waals surface area contributed by atoms with Gasteiger partial charge >= 0.3 is 11.9 Å². The van der Waals surface area contributed by atoms with E-state index in [0.717, 1.165) is 29.4 Å². The molecule has 0 saturated carbocycles. The molecule has 0 atom stereocenters. The number of fused-ring (bicyclic) bond motifs is 1. The molecule has 1 aliphatic rings. The molecule has 29 heavy (non-hydrogen) atoms. The second-order valence-electron chi connectivity index (χ2n) is 6.70. The third-order valence-electron chi connectivity index (χ3n) is 4.82. The summed E-state index contributed by atoms with van der Waals surface area (Å²) in [6, 6.07) is 14.1. The van der Waals surface area contributed by atoms with Crippen molar-refractivity contribution in [2.24, 2.45) is 10.9 Å². The first-order valence-electron chi connectivity index (χ1n) is 9.21. The Balaban J connectivity index is 1.75. The molecule has 0 spiro atoms. The van der Waals surface area contributed by atoms with Crippen molar-refractivity contribution in [2.75, 3.05) is 6.54 Å². The molecule has 146 valence electrons. The van der Waals surface area contributed by atoms with E-state index in [1.54, 1.807) is 18.2 Å². The number of hydrogen-bond donors (Lipinski definition) is 2. The van der Waals surface area contributed by atoms with Crippen LogP contribution in [0.4, 0.5) is 0 Å². The zero-order valence-corrected chi connectivity index (χ0v) is 15.5. The fraction of sp³-hybridized carbons (Fsp3) is 0.136. The zero-order chi connectivity index (χ0) is 20.4. The standard InChI is InChI=1S/C22H19N3O4/c23-10-3-11-25-13-16(17-4-1-2-5-19(17)25)12-18-20(24-29-22(18)28)14-6-8-15(9-7-14)21(26)27/h1-2,4-9,12-13H,3,10-11,23H2,(H,26,27). The van der Waals surface area contributed by atoms with Gasteiger partial charge in [0.2, 0.25) is 0 Å². The van der Waals surface area contributed by atoms with Gasteiger partial charge in [-0.2, -0.15) is 0 Å². The van der Waals surface area contributed by atoms with Crippen molar-refractivity contribution in [3.8, 4) is 0 Å². The highest BCUT2D eigenvalue weighted by atomic mass is 16.7. The molecule has 0 aliphatic carbocycles. The van der Waals surface area contributed by atoms with Crippen LogP contribution in [-0.2, 0) is 16.2 Å². The minimum atomic E-state index is -1.02. The topological polar surface area (TPSA) is 107 Å². The number of carbonyl (C=O) groups excluding carboxylic acids is 1. The molecular weight excluding hydrogens is 370 g/mol. The van der Waals surface area contributed by atoms with Crippen LogP contribution in [0.15, 0.2) is 65.5 Å². The summed E-state index contributed by atoms with van der Waals surface area (Å²) < 4.78 is 2.12. The summed E-state index contributed by atoms with van der Waals surface area (Å²) in [5.74, 6) is -1.56. The number of nitrogens with two attached hydrogens (primary N) is 1. The summed E-state index contributed by atoms with van der Waals surface area (Å²) >= 11 is 0. The Morgan fingerprint density at radius 2 is 1.93 bits per heavy atom. The molecule has 2 aromatic carbocycles. The number of rotatable bonds is 6. The monoisotopic (exact) mass is 389 g/mol. The van der Waals surface area contributed by atoms with Crippen LogP contribution in [0.5, 0.6) is 0 Å². The molecule has 0 saturated heterocycles. The second kappa shape index (κ2) is 7.73. The van der Waals surface area contributed by atoms with E-state index in [1.165, 1.54) is 12.1 Å². The molecule has 7 heteroatoms. The summed E-state index contributed by atoms with van der Waals surface area (Å²) in [5.41, 5.74) is 9.06. The van der Waals surface area contributed by atoms with Gasteiger partial charge in [-0.15, -0.1) is 0 Å². The quantitative estimate of drug-likeness (QED) is 0.498. The minimum Gasteiger partial charge on any atom is -0.478 e. The lowest BCUT2D eigenvalue weighted by molar-refractivity contribution is -0.136. The van der Waals surface area contributed by atoms with E-state index in [-0.39, 0.29) is 5.56 Å². The van der Waals surface area contributed by atoms with Crippen LogP contribution in [0.25, 0.3) is 17.0 Å². The number of aryl methyl sites for hydroxylation is 1. The van der Waals surface area contributed by atoms with Gasteiger partial charge in [0.25, 0.3) is 0 Å². The van der Waals surface area contributed by atoms with Crippen molar-refractivity contribution < 1.29 is 19.5 Å². The van der Waals surface area contributed by atoms with E-state index in [2.05, 4.69) is 9.72 Å². The third kappa shape index (κ3) is 3.55. The number of carbonyl (C=O) groups is 2. The molecule has 0 amide bonds. The lowest BCUT2D eigenvalue weighted by atomic mass is 9.99. The molecule has 0 bridgehead atoms. The summed E-state index contributed by atoms with van der Waals surface area (Å²) in [6.07, 6.45) is 4.60. The molecule has 4 rings (SSSR count). The number of hydrogen-bond acceptors (Lipinski definition) is 5. The lowest BCUT2D eigenvalue weighted by Gasteiger charge is -2.02. The number of aromatic carboxylic acids is 1. The van der Waals surface area contributed by atoms with Gasteiger partial charge in [0.15, 0.2) is 0 Å². The van der Waals surface area contributed by atoms with Gasteiger partial charge < -0.3 is 20.2 Å². The maximum Gasteiger partial charge on any atom is 0.368 e. The number of nitrogens with zero attached hydrogens (tertiary/aromatic N) is 2. The first-order chi connectivity index (χ1) is 14.1. The maximum absolute atomic E-state index is 12.3. The van der Waals surface area contributed by atoms with E-state index in [1.807, 2.05) is 30.5 Å². The number of carboxylic acids is 1. The van der Waals surface area contributed by atoms with Crippen LogP contribution in [0, 0.1) is 0 Å². The van der Waals surface area contributed by atoms with E-state index >= 15 is 0 Å². The van der Waals surface area contributed by atoms with Crippen molar-refractivity contribution in [1.29, 1.82) is 0 Å². The summed E-state index contributed by atoms with van der Waals surface area (Å²) in [6.45, 7) is 1.38. The Hall–Kier alpha value is -3.71. The van der Waals surface area contributed by atoms with Gasteiger partial charge in [-0.25, -0.2) is 9.59 Å². The Bertz CT molecular complexity index is 1160. The van der Waals surface area contributed by atoms with Crippen molar-refractivity contribution in [3.05, 3.63) is 77.0 Å². The molecule has 3 N–H and O–H groups in total. The highest BCUT2D eigenvalue weighted by molar-refractivity contribution is 6.31. The van der Waals surface area contributed by atoms with Crippen LogP contribution in [0.2, 0.25) is 0 Å². The number of carboxylic acid groups (broad SMARTS) is 1. The van der Waals surface area contributed by atoms with E-state index in [4.69, 9.17) is 15.7 Å².